The Morgan fingerprint density at radius 3 is 1.70 bits per heavy atom. The lowest BCUT2D eigenvalue weighted by atomic mass is 10.1. The number of rotatable bonds is 35. The van der Waals surface area contributed by atoms with Gasteiger partial charge in [-0.1, -0.05) is 147 Å². The Balaban J connectivity index is 4.26. The van der Waals surface area contributed by atoms with Gasteiger partial charge < -0.3 is 21.1 Å². The quantitative estimate of drug-likeness (QED) is 0.0297. The Morgan fingerprint density at radius 2 is 1.17 bits per heavy atom. The van der Waals surface area contributed by atoms with E-state index in [0.717, 1.165) is 51.4 Å². The normalized spacial score (nSPS) is 14.7. The first-order valence-corrected chi connectivity index (χ1v) is 20.6. The van der Waals surface area contributed by atoms with Crippen LogP contribution in [-0.4, -0.2) is 47.8 Å². The minimum absolute atomic E-state index is 0.0763. The highest BCUT2D eigenvalue weighted by atomic mass is 31.2. The molecule has 9 heteroatoms. The molecule has 276 valence electrons. The van der Waals surface area contributed by atoms with Crippen LogP contribution in [-0.2, 0) is 18.4 Å². The summed E-state index contributed by atoms with van der Waals surface area (Å²) in [6.45, 7) is 4.07. The number of hydrogen-bond donors (Lipinski definition) is 4. The van der Waals surface area contributed by atoms with E-state index in [1.165, 1.54) is 96.3 Å². The number of aliphatic hydroxyl groups excluding tert-OH is 1. The Kier molecular flexibility index (Phi) is 33.6. The number of allylic oxidation sites excluding steroid dienone is 5. The van der Waals surface area contributed by atoms with Crippen LogP contribution < -0.4 is 11.1 Å². The van der Waals surface area contributed by atoms with Gasteiger partial charge in [0, 0.05) is 13.0 Å². The second-order valence-corrected chi connectivity index (χ2v) is 14.2. The van der Waals surface area contributed by atoms with Crippen LogP contribution in [0.25, 0.3) is 0 Å². The molecule has 0 aromatic carbocycles. The van der Waals surface area contributed by atoms with Crippen molar-refractivity contribution in [3.63, 3.8) is 0 Å². The van der Waals surface area contributed by atoms with Crippen molar-refractivity contribution < 1.29 is 28.4 Å². The molecule has 0 aromatic heterocycles. The fraction of sp³-hybridized carbons (Fsp3) is 0.816. The van der Waals surface area contributed by atoms with Crippen LogP contribution in [0.15, 0.2) is 36.5 Å². The minimum atomic E-state index is -4.33. The van der Waals surface area contributed by atoms with Gasteiger partial charge in [-0.05, 0) is 51.4 Å². The first kappa shape index (κ1) is 45.7. The monoisotopic (exact) mass is 685 g/mol. The lowest BCUT2D eigenvalue weighted by Gasteiger charge is -2.23. The summed E-state index contributed by atoms with van der Waals surface area (Å²) >= 11 is 0. The molecule has 0 aliphatic carbocycles. The highest BCUT2D eigenvalue weighted by molar-refractivity contribution is 7.47. The maximum absolute atomic E-state index is 12.7. The molecule has 0 saturated carbocycles. The van der Waals surface area contributed by atoms with Gasteiger partial charge in [-0.2, -0.15) is 0 Å². The van der Waals surface area contributed by atoms with Gasteiger partial charge in [0.25, 0.3) is 0 Å². The number of hydrogen-bond acceptors (Lipinski definition) is 6. The number of amides is 1. The SMILES string of the molecule is CCCCCC/C=C\C/C=C\CCCCCCCCCC(=O)NC(COP(=O)(O)OCCN)C(O)/C=C/CCCCCCCCCC. The summed E-state index contributed by atoms with van der Waals surface area (Å²) in [6, 6.07) is -0.861. The Labute approximate surface area is 289 Å². The molecule has 0 rings (SSSR count). The van der Waals surface area contributed by atoms with Crippen molar-refractivity contribution in [3.8, 4) is 0 Å². The number of carbonyl (C=O) groups excluding carboxylic acids is 1. The second kappa shape index (κ2) is 34.6. The third-order valence-corrected chi connectivity index (χ3v) is 9.19. The second-order valence-electron chi connectivity index (χ2n) is 12.8. The standard InChI is InChI=1S/C38H73N2O6P/c1-3-5-7-9-11-13-15-16-17-18-19-20-21-22-24-26-28-30-32-38(42)40-36(35-46-47(43,44)45-34-33-39)37(41)31-29-27-25-23-14-12-10-8-6-4-2/h13,15,17-18,29,31,36-37,41H,3-12,14,16,19-28,30,32-35,39H2,1-2H3,(H,40,42)(H,43,44)/b15-13-,18-17-,31-29+. The van der Waals surface area contributed by atoms with E-state index in [1.807, 2.05) is 6.08 Å². The summed E-state index contributed by atoms with van der Waals surface area (Å²) in [6.07, 6.45) is 39.0. The van der Waals surface area contributed by atoms with E-state index in [2.05, 4.69) is 43.5 Å². The number of unbranched alkanes of at least 4 members (excludes halogenated alkanes) is 19. The molecule has 0 spiro atoms. The highest BCUT2D eigenvalue weighted by Gasteiger charge is 2.26. The maximum Gasteiger partial charge on any atom is 0.472 e. The van der Waals surface area contributed by atoms with Crippen LogP contribution >= 0.6 is 7.82 Å². The summed E-state index contributed by atoms with van der Waals surface area (Å²) in [5, 5.41) is 13.6. The minimum Gasteiger partial charge on any atom is -0.387 e. The fourth-order valence-electron chi connectivity index (χ4n) is 5.28. The van der Waals surface area contributed by atoms with Crippen LogP contribution in [0.4, 0.5) is 0 Å². The number of carbonyl (C=O) groups is 1. The number of phosphoric acid groups is 1. The summed E-state index contributed by atoms with van der Waals surface area (Å²) in [7, 11) is -4.33. The maximum atomic E-state index is 12.7. The largest absolute Gasteiger partial charge is 0.472 e. The Bertz CT molecular complexity index is 835. The van der Waals surface area contributed by atoms with E-state index in [4.69, 9.17) is 14.8 Å². The molecule has 5 N–H and O–H groups in total. The van der Waals surface area contributed by atoms with E-state index in [1.54, 1.807) is 6.08 Å². The number of phosphoric ester groups is 1. The molecule has 1 amide bonds. The van der Waals surface area contributed by atoms with Gasteiger partial charge in [0.05, 0.1) is 25.4 Å². The molecule has 3 unspecified atom stereocenters. The molecule has 47 heavy (non-hydrogen) atoms. The number of nitrogens with two attached hydrogens (primary N) is 1. The van der Waals surface area contributed by atoms with Gasteiger partial charge in [0.1, 0.15) is 0 Å². The molecular weight excluding hydrogens is 611 g/mol. The van der Waals surface area contributed by atoms with Gasteiger partial charge >= 0.3 is 7.82 Å². The first-order chi connectivity index (χ1) is 22.9. The molecular formula is C38H73N2O6P. The van der Waals surface area contributed by atoms with Crippen LogP contribution in [0, 0.1) is 0 Å². The lowest BCUT2D eigenvalue weighted by molar-refractivity contribution is -0.123. The smallest absolute Gasteiger partial charge is 0.387 e. The van der Waals surface area contributed by atoms with Crippen molar-refractivity contribution in [2.24, 2.45) is 5.73 Å². The molecule has 0 aliphatic rings. The third-order valence-electron chi connectivity index (χ3n) is 8.21. The summed E-state index contributed by atoms with van der Waals surface area (Å²) in [4.78, 5) is 22.6. The molecule has 3 atom stereocenters. The highest BCUT2D eigenvalue weighted by Crippen LogP contribution is 2.43. The molecule has 0 radical (unpaired) electrons. The van der Waals surface area contributed by atoms with Crippen LogP contribution in [0.3, 0.4) is 0 Å². The van der Waals surface area contributed by atoms with E-state index < -0.39 is 20.0 Å². The zero-order chi connectivity index (χ0) is 34.7. The molecule has 0 saturated heterocycles. The average Bonchev–Trinajstić information content (AvgIpc) is 3.05. The molecule has 8 nitrogen and oxygen atoms in total. The van der Waals surface area contributed by atoms with Crippen molar-refractivity contribution in [3.05, 3.63) is 36.5 Å². The zero-order valence-corrected chi connectivity index (χ0v) is 31.2. The fourth-order valence-corrected chi connectivity index (χ4v) is 6.04. The lowest BCUT2D eigenvalue weighted by Crippen LogP contribution is -2.45. The summed E-state index contributed by atoms with van der Waals surface area (Å²) in [5.74, 6) is -0.206. The van der Waals surface area contributed by atoms with E-state index in [9.17, 15) is 19.4 Å². The predicted molar refractivity (Wildman–Crippen MR) is 198 cm³/mol. The molecule has 0 aliphatic heterocycles. The molecule has 0 bridgehead atoms. The summed E-state index contributed by atoms with van der Waals surface area (Å²) < 4.78 is 22.0. The van der Waals surface area contributed by atoms with Gasteiger partial charge in [0.15, 0.2) is 0 Å². The van der Waals surface area contributed by atoms with Gasteiger partial charge in [-0.15, -0.1) is 0 Å². The first-order valence-electron chi connectivity index (χ1n) is 19.1. The van der Waals surface area contributed by atoms with Crippen molar-refractivity contribution >= 4 is 13.7 Å². The van der Waals surface area contributed by atoms with Crippen molar-refractivity contribution in [1.82, 2.24) is 5.32 Å². The Morgan fingerprint density at radius 1 is 0.702 bits per heavy atom. The van der Waals surface area contributed by atoms with Crippen molar-refractivity contribution in [2.45, 2.75) is 180 Å². The van der Waals surface area contributed by atoms with Gasteiger partial charge in [-0.25, -0.2) is 4.57 Å². The summed E-state index contributed by atoms with van der Waals surface area (Å²) in [5.41, 5.74) is 5.35. The molecule has 0 heterocycles. The van der Waals surface area contributed by atoms with Crippen LogP contribution in [0.5, 0.6) is 0 Å². The predicted octanol–water partition coefficient (Wildman–Crippen LogP) is 10.00. The van der Waals surface area contributed by atoms with E-state index in [0.29, 0.717) is 6.42 Å². The number of nitrogens with one attached hydrogen (secondary N) is 1. The molecule has 0 fully saturated rings. The zero-order valence-electron chi connectivity index (χ0n) is 30.3. The van der Waals surface area contributed by atoms with E-state index >= 15 is 0 Å². The Hall–Kier alpha value is -1.28. The van der Waals surface area contributed by atoms with Crippen molar-refractivity contribution in [2.75, 3.05) is 19.8 Å². The van der Waals surface area contributed by atoms with Gasteiger partial charge in [0.2, 0.25) is 5.91 Å². The van der Waals surface area contributed by atoms with E-state index in [-0.39, 0.29) is 25.7 Å². The molecule has 0 aromatic rings. The topological polar surface area (TPSA) is 131 Å². The van der Waals surface area contributed by atoms with Crippen LogP contribution in [0.2, 0.25) is 0 Å². The number of aliphatic hydroxyl groups is 1. The average molecular weight is 685 g/mol. The van der Waals surface area contributed by atoms with Crippen LogP contribution in [0.1, 0.15) is 168 Å². The third kappa shape index (κ3) is 33.0. The van der Waals surface area contributed by atoms with Gasteiger partial charge in [-0.3, -0.25) is 13.8 Å². The van der Waals surface area contributed by atoms with Crippen molar-refractivity contribution in [1.29, 1.82) is 0 Å².